The second kappa shape index (κ2) is 8.91. The number of amides is 2. The Kier molecular flexibility index (Phi) is 6.76. The molecule has 0 saturated carbocycles. The number of rotatable bonds is 5. The third-order valence-corrected chi connectivity index (χ3v) is 6.21. The molecule has 0 unspecified atom stereocenters. The van der Waals surface area contributed by atoms with Crippen LogP contribution in [0.4, 0.5) is 4.79 Å². The molecule has 0 spiro atoms. The Morgan fingerprint density at radius 3 is 2.50 bits per heavy atom. The van der Waals surface area contributed by atoms with Crippen LogP contribution in [0.5, 0.6) is 5.75 Å². The molecule has 2 aromatic rings. The Hall–Kier alpha value is -1.47. The number of imide groups is 1. The van der Waals surface area contributed by atoms with Gasteiger partial charge in [-0.15, -0.1) is 0 Å². The summed E-state index contributed by atoms with van der Waals surface area (Å²) in [7, 11) is 0. The van der Waals surface area contributed by atoms with Crippen LogP contribution in [0.3, 0.4) is 0 Å². The van der Waals surface area contributed by atoms with Gasteiger partial charge in [0.15, 0.2) is 0 Å². The Morgan fingerprint density at radius 2 is 1.89 bits per heavy atom. The summed E-state index contributed by atoms with van der Waals surface area (Å²) < 4.78 is 6.57. The Bertz CT molecular complexity index is 978. The highest BCUT2D eigenvalue weighted by Crippen LogP contribution is 2.35. The van der Waals surface area contributed by atoms with Crippen LogP contribution in [0.1, 0.15) is 25.0 Å². The highest BCUT2D eigenvalue weighted by molar-refractivity contribution is 9.10. The molecule has 0 aliphatic carbocycles. The minimum absolute atomic E-state index is 0.165. The number of thioether (sulfide) groups is 1. The summed E-state index contributed by atoms with van der Waals surface area (Å²) in [5.41, 5.74) is 1.69. The van der Waals surface area contributed by atoms with Crippen LogP contribution in [-0.2, 0) is 11.4 Å². The molecule has 28 heavy (non-hydrogen) atoms. The molecule has 8 heteroatoms. The Balaban J connectivity index is 1.73. The molecule has 2 amide bonds. The summed E-state index contributed by atoms with van der Waals surface area (Å²) in [5.74, 6) is 0.388. The molecule has 1 aliphatic heterocycles. The van der Waals surface area contributed by atoms with Crippen molar-refractivity contribution in [2.75, 3.05) is 0 Å². The maximum atomic E-state index is 12.4. The molecule has 1 aliphatic rings. The second-order valence-electron chi connectivity index (χ2n) is 6.37. The standard InChI is InChI=1S/C20H16BrCl2NO3S/c1-11(2)24-19(25)18(28-20(24)26)9-12-4-6-17(14(21)7-12)27-10-13-3-5-15(22)16(23)8-13/h3-9,11H,10H2,1-2H3/b18-9+. The number of benzene rings is 2. The zero-order valence-electron chi connectivity index (χ0n) is 15.0. The largest absolute Gasteiger partial charge is 0.488 e. The van der Waals surface area contributed by atoms with Crippen LogP contribution in [0, 0.1) is 0 Å². The van der Waals surface area contributed by atoms with E-state index in [0.29, 0.717) is 27.3 Å². The molecule has 0 bridgehead atoms. The summed E-state index contributed by atoms with van der Waals surface area (Å²) in [6.07, 6.45) is 1.71. The lowest BCUT2D eigenvalue weighted by atomic mass is 10.2. The van der Waals surface area contributed by atoms with Crippen LogP contribution in [0.25, 0.3) is 6.08 Å². The number of carbonyl (C=O) groups excluding carboxylic acids is 2. The van der Waals surface area contributed by atoms with Crippen LogP contribution >= 0.6 is 50.9 Å². The average molecular weight is 501 g/mol. The van der Waals surface area contributed by atoms with E-state index in [-0.39, 0.29) is 17.2 Å². The molecule has 0 atom stereocenters. The van der Waals surface area contributed by atoms with Crippen molar-refractivity contribution < 1.29 is 14.3 Å². The molecule has 0 aromatic heterocycles. The topological polar surface area (TPSA) is 46.6 Å². The SMILES string of the molecule is CC(C)N1C(=O)S/C(=C/c2ccc(OCc3ccc(Cl)c(Cl)c3)c(Br)c2)C1=O. The normalized spacial score (nSPS) is 15.8. The predicted octanol–water partition coefficient (Wildman–Crippen LogP) is 6.78. The fourth-order valence-electron chi connectivity index (χ4n) is 2.59. The van der Waals surface area contributed by atoms with E-state index in [0.717, 1.165) is 27.4 Å². The summed E-state index contributed by atoms with van der Waals surface area (Å²) in [6, 6.07) is 10.7. The van der Waals surface area contributed by atoms with Gasteiger partial charge in [0.1, 0.15) is 12.4 Å². The first-order valence-electron chi connectivity index (χ1n) is 8.39. The number of nitrogens with zero attached hydrogens (tertiary/aromatic N) is 1. The van der Waals surface area contributed by atoms with Gasteiger partial charge in [-0.1, -0.05) is 35.3 Å². The van der Waals surface area contributed by atoms with Gasteiger partial charge in [0.2, 0.25) is 0 Å². The van der Waals surface area contributed by atoms with Gasteiger partial charge in [0.25, 0.3) is 11.1 Å². The van der Waals surface area contributed by atoms with Crippen LogP contribution in [-0.4, -0.2) is 22.1 Å². The lowest BCUT2D eigenvalue weighted by Gasteiger charge is -2.16. The fraction of sp³-hybridized carbons (Fsp3) is 0.200. The molecule has 2 aromatic carbocycles. The van der Waals surface area contributed by atoms with E-state index in [2.05, 4.69) is 15.9 Å². The van der Waals surface area contributed by atoms with E-state index < -0.39 is 0 Å². The van der Waals surface area contributed by atoms with E-state index in [9.17, 15) is 9.59 Å². The highest BCUT2D eigenvalue weighted by Gasteiger charge is 2.36. The number of hydrogen-bond acceptors (Lipinski definition) is 4. The fourth-order valence-corrected chi connectivity index (χ4v) is 4.38. The quantitative estimate of drug-likeness (QED) is 0.424. The number of halogens is 3. The molecular formula is C20H16BrCl2NO3S. The second-order valence-corrected chi connectivity index (χ2v) is 9.03. The van der Waals surface area contributed by atoms with E-state index in [1.807, 2.05) is 32.0 Å². The van der Waals surface area contributed by atoms with Crippen molar-refractivity contribution in [3.63, 3.8) is 0 Å². The maximum Gasteiger partial charge on any atom is 0.293 e. The van der Waals surface area contributed by atoms with Gasteiger partial charge in [-0.2, -0.15) is 0 Å². The van der Waals surface area contributed by atoms with Crippen LogP contribution in [0.2, 0.25) is 10.0 Å². The molecule has 3 rings (SSSR count). The lowest BCUT2D eigenvalue weighted by molar-refractivity contribution is -0.123. The van der Waals surface area contributed by atoms with Gasteiger partial charge in [0.05, 0.1) is 19.4 Å². The minimum atomic E-state index is -0.263. The van der Waals surface area contributed by atoms with Crippen LogP contribution in [0.15, 0.2) is 45.8 Å². The molecule has 4 nitrogen and oxygen atoms in total. The Morgan fingerprint density at radius 1 is 1.14 bits per heavy atom. The maximum absolute atomic E-state index is 12.4. The number of hydrogen-bond donors (Lipinski definition) is 0. The molecule has 0 N–H and O–H groups in total. The van der Waals surface area contributed by atoms with Gasteiger partial charge < -0.3 is 4.74 Å². The third-order valence-electron chi connectivity index (χ3n) is 3.97. The molecule has 1 fully saturated rings. The van der Waals surface area contributed by atoms with Crippen molar-refractivity contribution >= 4 is 68.1 Å². The van der Waals surface area contributed by atoms with Crippen molar-refractivity contribution in [3.8, 4) is 5.75 Å². The van der Waals surface area contributed by atoms with Gasteiger partial charge >= 0.3 is 0 Å². The van der Waals surface area contributed by atoms with E-state index in [1.165, 1.54) is 4.90 Å². The Labute approximate surface area is 186 Å². The highest BCUT2D eigenvalue weighted by atomic mass is 79.9. The molecular weight excluding hydrogens is 485 g/mol. The first kappa shape index (κ1) is 21.2. The molecule has 146 valence electrons. The van der Waals surface area contributed by atoms with Crippen molar-refractivity contribution in [2.45, 2.75) is 26.5 Å². The minimum Gasteiger partial charge on any atom is -0.488 e. The molecule has 0 radical (unpaired) electrons. The predicted molar refractivity (Wildman–Crippen MR) is 118 cm³/mol. The zero-order valence-corrected chi connectivity index (χ0v) is 19.0. The van der Waals surface area contributed by atoms with E-state index in [4.69, 9.17) is 27.9 Å². The van der Waals surface area contributed by atoms with Gasteiger partial charge in [-0.05, 0) is 83.0 Å². The summed E-state index contributed by atoms with van der Waals surface area (Å²) in [6.45, 7) is 3.97. The summed E-state index contributed by atoms with van der Waals surface area (Å²) >= 11 is 16.4. The summed E-state index contributed by atoms with van der Waals surface area (Å²) in [4.78, 5) is 26.1. The van der Waals surface area contributed by atoms with E-state index >= 15 is 0 Å². The first-order chi connectivity index (χ1) is 13.3. The lowest BCUT2D eigenvalue weighted by Crippen LogP contribution is -2.34. The van der Waals surface area contributed by atoms with Crippen molar-refractivity contribution in [3.05, 3.63) is 66.9 Å². The summed E-state index contributed by atoms with van der Waals surface area (Å²) in [5, 5.41) is 0.734. The van der Waals surface area contributed by atoms with Crippen molar-refractivity contribution in [1.29, 1.82) is 0 Å². The third kappa shape index (κ3) is 4.74. The molecule has 1 saturated heterocycles. The van der Waals surface area contributed by atoms with Gasteiger partial charge in [-0.25, -0.2) is 0 Å². The smallest absolute Gasteiger partial charge is 0.293 e. The zero-order chi connectivity index (χ0) is 20.4. The van der Waals surface area contributed by atoms with Crippen molar-refractivity contribution in [2.24, 2.45) is 0 Å². The first-order valence-corrected chi connectivity index (χ1v) is 10.8. The average Bonchev–Trinajstić information content (AvgIpc) is 2.90. The monoisotopic (exact) mass is 499 g/mol. The van der Waals surface area contributed by atoms with E-state index in [1.54, 1.807) is 24.3 Å². The number of ether oxygens (including phenoxy) is 1. The number of carbonyl (C=O) groups is 2. The van der Waals surface area contributed by atoms with Gasteiger partial charge in [-0.3, -0.25) is 14.5 Å². The van der Waals surface area contributed by atoms with Gasteiger partial charge in [0, 0.05) is 6.04 Å². The molecule has 1 heterocycles. The van der Waals surface area contributed by atoms with Crippen LogP contribution < -0.4 is 4.74 Å². The van der Waals surface area contributed by atoms with Crippen molar-refractivity contribution in [1.82, 2.24) is 4.90 Å².